The van der Waals surface area contributed by atoms with Gasteiger partial charge in [0.05, 0.1) is 13.2 Å². The molecule has 0 radical (unpaired) electrons. The zero-order chi connectivity index (χ0) is 35.0. The SMILES string of the molecule is CCCCCCCCOc1ccc(C(C)(C)C)cc1C(CN)(Oc1ccccc1)c1cc(C(C)(C)C)ccc1OCCCCCCCC. The molecule has 3 aromatic carbocycles. The second kappa shape index (κ2) is 19.3. The summed E-state index contributed by atoms with van der Waals surface area (Å²) in [7, 11) is 0. The van der Waals surface area contributed by atoms with Crippen molar-refractivity contribution in [3.8, 4) is 17.2 Å². The molecule has 0 aliphatic carbocycles. The smallest absolute Gasteiger partial charge is 0.178 e. The number of hydrogen-bond acceptors (Lipinski definition) is 4. The van der Waals surface area contributed by atoms with Crippen LogP contribution in [0.25, 0.3) is 0 Å². The molecule has 0 fully saturated rings. The minimum Gasteiger partial charge on any atom is -0.493 e. The lowest BCUT2D eigenvalue weighted by molar-refractivity contribution is 0.110. The summed E-state index contributed by atoms with van der Waals surface area (Å²) in [5.74, 6) is 2.40. The van der Waals surface area contributed by atoms with Crippen LogP contribution in [0.2, 0.25) is 0 Å². The Kier molecular flexibility index (Phi) is 15.8. The molecular weight excluding hydrogens is 590 g/mol. The van der Waals surface area contributed by atoms with Crippen LogP contribution < -0.4 is 19.9 Å². The van der Waals surface area contributed by atoms with E-state index in [9.17, 15) is 0 Å². The maximum absolute atomic E-state index is 7.20. The van der Waals surface area contributed by atoms with Crippen molar-refractivity contribution in [3.05, 3.63) is 89.0 Å². The van der Waals surface area contributed by atoms with Gasteiger partial charge < -0.3 is 19.9 Å². The molecule has 0 aliphatic rings. The molecule has 0 heterocycles. The van der Waals surface area contributed by atoms with Crippen LogP contribution in [0.1, 0.15) is 155 Å². The molecule has 0 amide bonds. The summed E-state index contributed by atoms with van der Waals surface area (Å²) in [5.41, 5.74) is 10.1. The molecule has 0 atom stereocenters. The van der Waals surface area contributed by atoms with E-state index in [4.69, 9.17) is 19.9 Å². The highest BCUT2D eigenvalue weighted by atomic mass is 16.5. The number of rotatable bonds is 21. The first-order valence-electron chi connectivity index (χ1n) is 19.0. The molecule has 0 spiro atoms. The predicted molar refractivity (Wildman–Crippen MR) is 205 cm³/mol. The monoisotopic (exact) mass is 658 g/mol. The van der Waals surface area contributed by atoms with E-state index in [-0.39, 0.29) is 17.4 Å². The average molecular weight is 658 g/mol. The van der Waals surface area contributed by atoms with Gasteiger partial charge >= 0.3 is 0 Å². The first-order valence-corrected chi connectivity index (χ1v) is 19.0. The topological polar surface area (TPSA) is 53.7 Å². The zero-order valence-electron chi connectivity index (χ0n) is 31.8. The van der Waals surface area contributed by atoms with Crippen LogP contribution in [0.3, 0.4) is 0 Å². The van der Waals surface area contributed by atoms with Crippen molar-refractivity contribution in [1.29, 1.82) is 0 Å². The molecule has 3 aromatic rings. The third-order valence-corrected chi connectivity index (χ3v) is 9.39. The second-order valence-corrected chi connectivity index (χ2v) is 15.6. The van der Waals surface area contributed by atoms with Crippen LogP contribution >= 0.6 is 0 Å². The second-order valence-electron chi connectivity index (χ2n) is 15.6. The number of para-hydroxylation sites is 1. The Morgan fingerprint density at radius 3 is 1.33 bits per heavy atom. The van der Waals surface area contributed by atoms with E-state index in [1.165, 1.54) is 75.3 Å². The molecular formula is C44H67NO3. The highest BCUT2D eigenvalue weighted by Gasteiger charge is 2.42. The molecule has 0 saturated heterocycles. The fourth-order valence-electron chi connectivity index (χ4n) is 6.21. The molecule has 4 nitrogen and oxygen atoms in total. The van der Waals surface area contributed by atoms with Crippen molar-refractivity contribution in [2.75, 3.05) is 19.8 Å². The van der Waals surface area contributed by atoms with Gasteiger partial charge in [0.2, 0.25) is 0 Å². The van der Waals surface area contributed by atoms with Crippen molar-refractivity contribution in [2.24, 2.45) is 5.73 Å². The molecule has 0 aromatic heterocycles. The van der Waals surface area contributed by atoms with Crippen molar-refractivity contribution in [2.45, 2.75) is 149 Å². The van der Waals surface area contributed by atoms with Gasteiger partial charge in [0.25, 0.3) is 0 Å². The fourth-order valence-corrected chi connectivity index (χ4v) is 6.21. The van der Waals surface area contributed by atoms with E-state index in [0.717, 1.165) is 41.2 Å². The predicted octanol–water partition coefficient (Wildman–Crippen LogP) is 12.0. The van der Waals surface area contributed by atoms with Crippen LogP contribution in [0.4, 0.5) is 0 Å². The number of unbranched alkanes of at least 4 members (excludes halogenated alkanes) is 10. The van der Waals surface area contributed by atoms with Gasteiger partial charge in [-0.1, -0.05) is 150 Å². The highest BCUT2D eigenvalue weighted by Crippen LogP contribution is 2.46. The maximum Gasteiger partial charge on any atom is 0.178 e. The molecule has 0 saturated carbocycles. The third kappa shape index (κ3) is 11.6. The van der Waals surface area contributed by atoms with Gasteiger partial charge in [-0.3, -0.25) is 0 Å². The lowest BCUT2D eigenvalue weighted by Gasteiger charge is -2.38. The van der Waals surface area contributed by atoms with Crippen molar-refractivity contribution < 1.29 is 14.2 Å². The Hall–Kier alpha value is -2.98. The summed E-state index contributed by atoms with van der Waals surface area (Å²) in [6.07, 6.45) is 14.5. The molecule has 0 aliphatic heterocycles. The van der Waals surface area contributed by atoms with Gasteiger partial charge in [-0.15, -0.1) is 0 Å². The summed E-state index contributed by atoms with van der Waals surface area (Å²) in [4.78, 5) is 0. The Bertz CT molecular complexity index is 1260. The van der Waals surface area contributed by atoms with Crippen molar-refractivity contribution in [3.63, 3.8) is 0 Å². The van der Waals surface area contributed by atoms with Crippen LogP contribution in [0.15, 0.2) is 66.7 Å². The number of benzene rings is 3. The van der Waals surface area contributed by atoms with Crippen molar-refractivity contribution in [1.82, 2.24) is 0 Å². The van der Waals surface area contributed by atoms with Gasteiger partial charge in [-0.05, 0) is 71.2 Å². The molecule has 2 N–H and O–H groups in total. The Morgan fingerprint density at radius 1 is 0.521 bits per heavy atom. The summed E-state index contributed by atoms with van der Waals surface area (Å²) in [6.45, 7) is 19.5. The summed E-state index contributed by atoms with van der Waals surface area (Å²) in [5, 5.41) is 0. The normalized spacial score (nSPS) is 12.3. The summed E-state index contributed by atoms with van der Waals surface area (Å²) < 4.78 is 20.6. The molecule has 266 valence electrons. The maximum atomic E-state index is 7.20. The van der Waals surface area contributed by atoms with Crippen LogP contribution in [0.5, 0.6) is 17.2 Å². The van der Waals surface area contributed by atoms with Crippen LogP contribution in [-0.2, 0) is 16.4 Å². The van der Waals surface area contributed by atoms with Crippen molar-refractivity contribution >= 4 is 0 Å². The molecule has 0 unspecified atom stereocenters. The van der Waals surface area contributed by atoms with Crippen LogP contribution in [-0.4, -0.2) is 19.8 Å². The fraction of sp³-hybridized carbons (Fsp3) is 0.591. The van der Waals surface area contributed by atoms with Crippen LogP contribution in [0, 0.1) is 0 Å². The largest absolute Gasteiger partial charge is 0.493 e. The van der Waals surface area contributed by atoms with Gasteiger partial charge in [0, 0.05) is 17.7 Å². The standard InChI is InChI=1S/C44H67NO3/c1-9-11-13-15-17-22-30-46-40-28-26-35(42(3,4)5)32-38(40)44(34-45,48-37-24-20-19-21-25-37)39-33-36(43(6,7)8)27-29-41(39)47-31-23-18-16-14-12-10-2/h19-21,24-29,32-33H,9-18,22-23,30-31,34,45H2,1-8H3. The zero-order valence-corrected chi connectivity index (χ0v) is 31.8. The first-order chi connectivity index (χ1) is 23.0. The van der Waals surface area contributed by atoms with E-state index in [2.05, 4.69) is 91.8 Å². The van der Waals surface area contributed by atoms with E-state index in [1.54, 1.807) is 0 Å². The molecule has 4 heteroatoms. The molecule has 3 rings (SSSR count). The Morgan fingerprint density at radius 2 is 0.938 bits per heavy atom. The van der Waals surface area contributed by atoms with E-state index in [1.807, 2.05) is 30.3 Å². The van der Waals surface area contributed by atoms with Gasteiger partial charge in [-0.2, -0.15) is 0 Å². The third-order valence-electron chi connectivity index (χ3n) is 9.39. The molecule has 0 bridgehead atoms. The molecule has 48 heavy (non-hydrogen) atoms. The van der Waals surface area contributed by atoms with E-state index in [0.29, 0.717) is 13.2 Å². The summed E-state index contributed by atoms with van der Waals surface area (Å²) >= 11 is 0. The number of nitrogens with two attached hydrogens (primary N) is 1. The van der Waals surface area contributed by atoms with E-state index >= 15 is 0 Å². The number of hydrogen-bond donors (Lipinski definition) is 1. The Labute approximate surface area is 294 Å². The Balaban J connectivity index is 2.17. The lowest BCUT2D eigenvalue weighted by Crippen LogP contribution is -2.43. The van der Waals surface area contributed by atoms with E-state index < -0.39 is 5.60 Å². The van der Waals surface area contributed by atoms with Gasteiger partial charge in [-0.25, -0.2) is 0 Å². The van der Waals surface area contributed by atoms with Gasteiger partial charge in [0.15, 0.2) is 5.60 Å². The quantitative estimate of drug-likeness (QED) is 0.116. The first kappa shape index (κ1) is 39.5. The minimum absolute atomic E-state index is 0.0794. The number of ether oxygens (including phenoxy) is 3. The lowest BCUT2D eigenvalue weighted by atomic mass is 9.77. The highest BCUT2D eigenvalue weighted by molar-refractivity contribution is 5.55. The minimum atomic E-state index is -1.06. The van der Waals surface area contributed by atoms with Gasteiger partial charge in [0.1, 0.15) is 17.2 Å². The summed E-state index contributed by atoms with van der Waals surface area (Å²) in [6, 6.07) is 23.3. The average Bonchev–Trinajstić information content (AvgIpc) is 3.06.